The molecule has 27 heavy (non-hydrogen) atoms. The first-order valence-corrected chi connectivity index (χ1v) is 9.07. The Bertz CT molecular complexity index is 896. The summed E-state index contributed by atoms with van der Waals surface area (Å²) in [7, 11) is 1.58. The minimum Gasteiger partial charge on any atom is -0.481 e. The van der Waals surface area contributed by atoms with Gasteiger partial charge >= 0.3 is 0 Å². The maximum absolute atomic E-state index is 5.83. The first kappa shape index (κ1) is 17.3. The van der Waals surface area contributed by atoms with E-state index in [4.69, 9.17) is 10.5 Å². The molecule has 4 rings (SSSR count). The first-order valence-electron chi connectivity index (χ1n) is 9.07. The molecule has 0 spiro atoms. The van der Waals surface area contributed by atoms with Crippen LogP contribution in [-0.4, -0.2) is 44.7 Å². The Balaban J connectivity index is 1.54. The van der Waals surface area contributed by atoms with Crippen molar-refractivity contribution in [2.24, 2.45) is 0 Å². The number of hydrogen-bond donors (Lipinski definition) is 1. The van der Waals surface area contributed by atoms with Crippen LogP contribution >= 0.6 is 0 Å². The molecule has 0 unspecified atom stereocenters. The van der Waals surface area contributed by atoms with Crippen LogP contribution < -0.4 is 15.4 Å². The lowest BCUT2D eigenvalue weighted by molar-refractivity contribution is 0.397. The molecule has 0 bridgehead atoms. The number of imidazole rings is 1. The monoisotopic (exact) mass is 365 g/mol. The highest BCUT2D eigenvalue weighted by atomic mass is 16.5. The molecule has 1 aliphatic heterocycles. The van der Waals surface area contributed by atoms with Crippen LogP contribution in [0.1, 0.15) is 30.3 Å². The molecule has 1 atom stereocenters. The fraction of sp³-hybridized carbons (Fsp3) is 0.368. The van der Waals surface area contributed by atoms with Gasteiger partial charge in [-0.15, -0.1) is 0 Å². The Morgan fingerprint density at radius 3 is 2.96 bits per heavy atom. The van der Waals surface area contributed by atoms with Crippen molar-refractivity contribution >= 4 is 11.8 Å². The number of anilines is 2. The van der Waals surface area contributed by atoms with Gasteiger partial charge in [0, 0.05) is 43.7 Å². The van der Waals surface area contributed by atoms with E-state index in [0.29, 0.717) is 11.8 Å². The highest BCUT2D eigenvalue weighted by Crippen LogP contribution is 2.30. The summed E-state index contributed by atoms with van der Waals surface area (Å²) in [6.07, 6.45) is 7.86. The van der Waals surface area contributed by atoms with Gasteiger partial charge in [-0.1, -0.05) is 6.07 Å². The summed E-state index contributed by atoms with van der Waals surface area (Å²) in [6, 6.07) is 7.80. The van der Waals surface area contributed by atoms with Gasteiger partial charge in [0.2, 0.25) is 11.8 Å². The summed E-state index contributed by atoms with van der Waals surface area (Å²) in [5.41, 5.74) is 6.85. The molecule has 0 radical (unpaired) electrons. The van der Waals surface area contributed by atoms with Gasteiger partial charge in [0.25, 0.3) is 0 Å². The molecule has 0 aliphatic carbocycles. The van der Waals surface area contributed by atoms with Gasteiger partial charge in [0.1, 0.15) is 11.6 Å². The van der Waals surface area contributed by atoms with Crippen molar-refractivity contribution in [3.05, 3.63) is 54.4 Å². The van der Waals surface area contributed by atoms with Gasteiger partial charge in [-0.05, 0) is 25.0 Å². The number of methoxy groups -OCH3 is 1. The van der Waals surface area contributed by atoms with E-state index in [1.165, 1.54) is 0 Å². The lowest BCUT2D eigenvalue weighted by Crippen LogP contribution is -2.36. The Morgan fingerprint density at radius 2 is 2.15 bits per heavy atom. The molecule has 3 aromatic heterocycles. The standard InChI is InChI=1S/C19H23N7O/c1-27-17-11-16(23-19(20)24-17)25-9-4-5-14(12-25)18-22-8-10-26(18)13-15-6-2-3-7-21-15/h2-3,6-8,10-11,14H,4-5,9,12-13H2,1H3,(H2,20,23,24)/t14-/m1/s1. The van der Waals surface area contributed by atoms with Crippen molar-refractivity contribution in [3.8, 4) is 5.88 Å². The van der Waals surface area contributed by atoms with Crippen molar-refractivity contribution in [1.29, 1.82) is 0 Å². The topological polar surface area (TPSA) is 95.0 Å². The van der Waals surface area contributed by atoms with Crippen molar-refractivity contribution in [2.45, 2.75) is 25.3 Å². The quantitative estimate of drug-likeness (QED) is 0.740. The minimum atomic E-state index is 0.225. The number of rotatable bonds is 5. The van der Waals surface area contributed by atoms with E-state index in [1.54, 1.807) is 7.11 Å². The Labute approximate surface area is 158 Å². The van der Waals surface area contributed by atoms with E-state index in [2.05, 4.69) is 29.4 Å². The lowest BCUT2D eigenvalue weighted by Gasteiger charge is -2.33. The second-order valence-electron chi connectivity index (χ2n) is 6.65. The SMILES string of the molecule is COc1cc(N2CCC[C@@H](c3nccn3Cc3ccccn3)C2)nc(N)n1. The molecule has 0 saturated carbocycles. The van der Waals surface area contributed by atoms with E-state index in [1.807, 2.05) is 42.9 Å². The summed E-state index contributed by atoms with van der Waals surface area (Å²) >= 11 is 0. The van der Waals surface area contributed by atoms with E-state index in [-0.39, 0.29) is 5.95 Å². The number of ether oxygens (including phenoxy) is 1. The van der Waals surface area contributed by atoms with Gasteiger partial charge in [-0.3, -0.25) is 4.98 Å². The molecule has 1 saturated heterocycles. The molecule has 140 valence electrons. The van der Waals surface area contributed by atoms with Gasteiger partial charge in [-0.25, -0.2) is 4.98 Å². The molecule has 0 amide bonds. The molecule has 8 nitrogen and oxygen atoms in total. The van der Waals surface area contributed by atoms with Crippen LogP contribution in [0.2, 0.25) is 0 Å². The maximum atomic E-state index is 5.83. The zero-order valence-corrected chi connectivity index (χ0v) is 15.3. The smallest absolute Gasteiger partial charge is 0.225 e. The fourth-order valence-electron chi connectivity index (χ4n) is 3.57. The van der Waals surface area contributed by atoms with Gasteiger partial charge < -0.3 is 19.9 Å². The largest absolute Gasteiger partial charge is 0.481 e. The second kappa shape index (κ2) is 7.61. The van der Waals surface area contributed by atoms with Gasteiger partial charge in [-0.2, -0.15) is 9.97 Å². The summed E-state index contributed by atoms with van der Waals surface area (Å²) in [5, 5.41) is 0. The molecule has 3 aromatic rings. The molecule has 0 aromatic carbocycles. The number of nitrogen functional groups attached to an aromatic ring is 1. The first-order chi connectivity index (χ1) is 13.2. The van der Waals surface area contributed by atoms with Crippen molar-refractivity contribution in [2.75, 3.05) is 30.8 Å². The summed E-state index contributed by atoms with van der Waals surface area (Å²) < 4.78 is 7.42. The lowest BCUT2D eigenvalue weighted by atomic mass is 9.97. The predicted octanol–water partition coefficient (Wildman–Crippen LogP) is 2.09. The number of piperidine rings is 1. The predicted molar refractivity (Wildman–Crippen MR) is 103 cm³/mol. The highest BCUT2D eigenvalue weighted by Gasteiger charge is 2.26. The summed E-state index contributed by atoms with van der Waals surface area (Å²) in [4.78, 5) is 19.8. The third kappa shape index (κ3) is 3.84. The third-order valence-electron chi connectivity index (χ3n) is 4.83. The molecule has 4 heterocycles. The molecular weight excluding hydrogens is 342 g/mol. The van der Waals surface area contributed by atoms with Crippen LogP contribution in [0.5, 0.6) is 5.88 Å². The molecular formula is C19H23N7O. The van der Waals surface area contributed by atoms with Crippen LogP contribution in [0.3, 0.4) is 0 Å². The van der Waals surface area contributed by atoms with E-state index in [9.17, 15) is 0 Å². The Morgan fingerprint density at radius 1 is 1.22 bits per heavy atom. The van der Waals surface area contributed by atoms with E-state index >= 15 is 0 Å². The normalized spacial score (nSPS) is 17.1. The van der Waals surface area contributed by atoms with Gasteiger partial charge in [0.05, 0.1) is 19.3 Å². The Hall–Kier alpha value is -3.16. The maximum Gasteiger partial charge on any atom is 0.225 e. The Kier molecular flexibility index (Phi) is 4.86. The molecule has 2 N–H and O–H groups in total. The summed E-state index contributed by atoms with van der Waals surface area (Å²) in [5.74, 6) is 2.91. The summed E-state index contributed by atoms with van der Waals surface area (Å²) in [6.45, 7) is 2.48. The fourth-order valence-corrected chi connectivity index (χ4v) is 3.57. The molecule has 8 heteroatoms. The average molecular weight is 365 g/mol. The van der Waals surface area contributed by atoms with Crippen LogP contribution in [0.25, 0.3) is 0 Å². The van der Waals surface area contributed by atoms with Crippen LogP contribution in [0.15, 0.2) is 42.9 Å². The van der Waals surface area contributed by atoms with Crippen molar-refractivity contribution in [1.82, 2.24) is 24.5 Å². The molecule has 1 aliphatic rings. The number of pyridine rings is 1. The number of nitrogens with zero attached hydrogens (tertiary/aromatic N) is 6. The van der Waals surface area contributed by atoms with Gasteiger partial charge in [0.15, 0.2) is 0 Å². The van der Waals surface area contributed by atoms with E-state index in [0.717, 1.165) is 49.8 Å². The zero-order valence-electron chi connectivity index (χ0n) is 15.3. The highest BCUT2D eigenvalue weighted by molar-refractivity contribution is 5.46. The number of nitrogens with two attached hydrogens (primary N) is 1. The zero-order chi connectivity index (χ0) is 18.6. The number of hydrogen-bond acceptors (Lipinski definition) is 7. The molecule has 1 fully saturated rings. The van der Waals surface area contributed by atoms with Crippen LogP contribution in [0, 0.1) is 0 Å². The van der Waals surface area contributed by atoms with Crippen LogP contribution in [-0.2, 0) is 6.54 Å². The van der Waals surface area contributed by atoms with Crippen molar-refractivity contribution in [3.63, 3.8) is 0 Å². The second-order valence-corrected chi connectivity index (χ2v) is 6.65. The van der Waals surface area contributed by atoms with E-state index < -0.39 is 0 Å². The minimum absolute atomic E-state index is 0.225. The van der Waals surface area contributed by atoms with Crippen LogP contribution in [0.4, 0.5) is 11.8 Å². The third-order valence-corrected chi connectivity index (χ3v) is 4.83. The average Bonchev–Trinajstić information content (AvgIpc) is 3.16. The van der Waals surface area contributed by atoms with Crippen molar-refractivity contribution < 1.29 is 4.74 Å². The number of aromatic nitrogens is 5.